The Morgan fingerprint density at radius 1 is 1.13 bits per heavy atom. The first-order valence-electron chi connectivity index (χ1n) is 10.9. The van der Waals surface area contributed by atoms with E-state index in [1.54, 1.807) is 23.9 Å². The van der Waals surface area contributed by atoms with Crippen molar-refractivity contribution < 1.29 is 14.3 Å². The average Bonchev–Trinajstić information content (AvgIpc) is 3.34. The molecule has 0 spiro atoms. The minimum absolute atomic E-state index is 0. The van der Waals surface area contributed by atoms with Gasteiger partial charge in [-0.1, -0.05) is 6.42 Å². The second kappa shape index (κ2) is 10.4. The molecule has 0 aromatic heterocycles. The van der Waals surface area contributed by atoms with E-state index in [0.717, 1.165) is 12.3 Å². The zero-order valence-corrected chi connectivity index (χ0v) is 21.3. The molecule has 0 aromatic carbocycles. The molecular formula is C21H38IN5O3. The lowest BCUT2D eigenvalue weighted by atomic mass is 9.95. The third-order valence-corrected chi connectivity index (χ3v) is 6.11. The SMILES string of the molecule is CN(C)C(=O)CN=C(NC1CCN(C(=O)OC(C)(C)C)C1)NC1CC2CCC1C2.I. The van der Waals surface area contributed by atoms with Gasteiger partial charge in [0.05, 0.1) is 0 Å². The molecule has 2 saturated carbocycles. The van der Waals surface area contributed by atoms with Gasteiger partial charge < -0.3 is 25.2 Å². The van der Waals surface area contributed by atoms with E-state index < -0.39 is 5.60 Å². The Kier molecular flexibility index (Phi) is 8.64. The molecule has 2 N–H and O–H groups in total. The average molecular weight is 535 g/mol. The van der Waals surface area contributed by atoms with Crippen LogP contribution in [-0.2, 0) is 9.53 Å². The molecular weight excluding hydrogens is 497 g/mol. The number of ether oxygens (including phenoxy) is 1. The van der Waals surface area contributed by atoms with Crippen LogP contribution in [0, 0.1) is 11.8 Å². The van der Waals surface area contributed by atoms with Crippen LogP contribution in [-0.4, -0.2) is 79.2 Å². The number of hydrogen-bond acceptors (Lipinski definition) is 4. The Hall–Kier alpha value is -1.26. The van der Waals surface area contributed by atoms with Crippen LogP contribution < -0.4 is 10.6 Å². The van der Waals surface area contributed by atoms with Gasteiger partial charge in [0.15, 0.2) is 5.96 Å². The molecule has 3 rings (SSSR count). The van der Waals surface area contributed by atoms with Crippen LogP contribution >= 0.6 is 24.0 Å². The van der Waals surface area contributed by atoms with E-state index in [2.05, 4.69) is 15.6 Å². The number of nitrogens with zero attached hydrogens (tertiary/aromatic N) is 3. The van der Waals surface area contributed by atoms with Gasteiger partial charge in [-0.05, 0) is 58.3 Å². The molecule has 1 heterocycles. The minimum atomic E-state index is -0.495. The summed E-state index contributed by atoms with van der Waals surface area (Å²) in [4.78, 5) is 32.2. The van der Waals surface area contributed by atoms with Gasteiger partial charge >= 0.3 is 6.09 Å². The van der Waals surface area contributed by atoms with E-state index >= 15 is 0 Å². The van der Waals surface area contributed by atoms with Gasteiger partial charge in [0.1, 0.15) is 12.1 Å². The summed E-state index contributed by atoms with van der Waals surface area (Å²) in [6, 6.07) is 0.527. The second-order valence-electron chi connectivity index (χ2n) is 9.93. The first-order chi connectivity index (χ1) is 13.6. The fourth-order valence-corrected chi connectivity index (χ4v) is 4.58. The fraction of sp³-hybridized carbons (Fsp3) is 0.857. The zero-order valence-electron chi connectivity index (χ0n) is 18.9. The van der Waals surface area contributed by atoms with Crippen molar-refractivity contribution >= 4 is 41.9 Å². The lowest BCUT2D eigenvalue weighted by Gasteiger charge is -2.27. The predicted octanol–water partition coefficient (Wildman–Crippen LogP) is 2.43. The number of likely N-dealkylation sites (N-methyl/N-ethyl adjacent to an activating group) is 1. The van der Waals surface area contributed by atoms with Gasteiger partial charge in [0.25, 0.3) is 0 Å². The molecule has 1 aliphatic heterocycles. The van der Waals surface area contributed by atoms with Crippen LogP contribution in [0.25, 0.3) is 0 Å². The summed E-state index contributed by atoms with van der Waals surface area (Å²) in [5.74, 6) is 2.20. The van der Waals surface area contributed by atoms with Gasteiger partial charge in [-0.3, -0.25) is 4.79 Å². The summed E-state index contributed by atoms with van der Waals surface area (Å²) in [6.07, 6.45) is 5.67. The fourth-order valence-electron chi connectivity index (χ4n) is 4.58. The van der Waals surface area contributed by atoms with Crippen molar-refractivity contribution in [2.75, 3.05) is 33.7 Å². The number of aliphatic imine (C=N–C) groups is 1. The third kappa shape index (κ3) is 6.88. The van der Waals surface area contributed by atoms with Crippen LogP contribution in [0.5, 0.6) is 0 Å². The number of carbonyl (C=O) groups is 2. The molecule has 4 unspecified atom stereocenters. The topological polar surface area (TPSA) is 86.3 Å². The van der Waals surface area contributed by atoms with Crippen LogP contribution in [0.2, 0.25) is 0 Å². The molecule has 30 heavy (non-hydrogen) atoms. The summed E-state index contributed by atoms with van der Waals surface area (Å²) >= 11 is 0. The third-order valence-electron chi connectivity index (χ3n) is 6.11. The van der Waals surface area contributed by atoms with E-state index in [0.29, 0.717) is 31.0 Å². The normalized spacial score (nSPS) is 28.2. The largest absolute Gasteiger partial charge is 0.444 e. The van der Waals surface area contributed by atoms with E-state index in [9.17, 15) is 9.59 Å². The standard InChI is InChI=1S/C21H37N5O3.HI/c1-21(2,3)29-20(28)26-9-8-16(13-26)23-19(22-12-18(27)25(4)5)24-17-11-14-6-7-15(17)10-14;/h14-17H,6-13H2,1-5H3,(H2,22,23,24);1H. The summed E-state index contributed by atoms with van der Waals surface area (Å²) in [5, 5.41) is 7.05. The maximum absolute atomic E-state index is 12.3. The Labute approximate surface area is 197 Å². The number of likely N-dealkylation sites (tertiary alicyclic amines) is 1. The van der Waals surface area contributed by atoms with Gasteiger partial charge in [-0.2, -0.15) is 0 Å². The molecule has 3 fully saturated rings. The van der Waals surface area contributed by atoms with E-state index in [1.807, 2.05) is 20.8 Å². The van der Waals surface area contributed by atoms with Crippen LogP contribution in [0.4, 0.5) is 4.79 Å². The number of hydrogen-bond donors (Lipinski definition) is 2. The van der Waals surface area contributed by atoms with E-state index in [-0.39, 0.29) is 48.6 Å². The number of nitrogens with one attached hydrogen (secondary N) is 2. The molecule has 0 aromatic rings. The molecule has 3 aliphatic rings. The maximum atomic E-state index is 12.3. The van der Waals surface area contributed by atoms with Crippen LogP contribution in [0.3, 0.4) is 0 Å². The first-order valence-corrected chi connectivity index (χ1v) is 10.9. The molecule has 4 atom stereocenters. The minimum Gasteiger partial charge on any atom is -0.444 e. The summed E-state index contributed by atoms with van der Waals surface area (Å²) in [5.41, 5.74) is -0.495. The zero-order chi connectivity index (χ0) is 21.2. The summed E-state index contributed by atoms with van der Waals surface area (Å²) in [7, 11) is 3.48. The lowest BCUT2D eigenvalue weighted by Crippen LogP contribution is -2.50. The molecule has 2 amide bonds. The molecule has 1 saturated heterocycles. The highest BCUT2D eigenvalue weighted by Gasteiger charge is 2.40. The Balaban J connectivity index is 0.00000320. The van der Waals surface area contributed by atoms with Gasteiger partial charge in [0.2, 0.25) is 5.91 Å². The number of halogens is 1. The lowest BCUT2D eigenvalue weighted by molar-refractivity contribution is -0.127. The van der Waals surface area contributed by atoms with E-state index in [4.69, 9.17) is 4.74 Å². The Bertz CT molecular complexity index is 649. The van der Waals surface area contributed by atoms with Crippen molar-refractivity contribution in [1.29, 1.82) is 0 Å². The Morgan fingerprint density at radius 3 is 2.43 bits per heavy atom. The molecule has 9 heteroatoms. The highest BCUT2D eigenvalue weighted by molar-refractivity contribution is 14.0. The van der Waals surface area contributed by atoms with Crippen molar-refractivity contribution in [2.45, 2.75) is 70.6 Å². The maximum Gasteiger partial charge on any atom is 0.410 e. The molecule has 172 valence electrons. The van der Waals surface area contributed by atoms with Crippen molar-refractivity contribution in [1.82, 2.24) is 20.4 Å². The van der Waals surface area contributed by atoms with Gasteiger partial charge in [-0.15, -0.1) is 24.0 Å². The van der Waals surface area contributed by atoms with Crippen molar-refractivity contribution in [2.24, 2.45) is 16.8 Å². The van der Waals surface area contributed by atoms with Crippen molar-refractivity contribution in [3.8, 4) is 0 Å². The smallest absolute Gasteiger partial charge is 0.410 e. The molecule has 2 aliphatic carbocycles. The number of fused-ring (bicyclic) bond motifs is 2. The highest BCUT2D eigenvalue weighted by atomic mass is 127. The van der Waals surface area contributed by atoms with Gasteiger partial charge in [0, 0.05) is 39.3 Å². The molecule has 2 bridgehead atoms. The first kappa shape index (κ1) is 25.0. The molecule has 8 nitrogen and oxygen atoms in total. The number of amides is 2. The molecule has 0 radical (unpaired) electrons. The van der Waals surface area contributed by atoms with Crippen LogP contribution in [0.15, 0.2) is 4.99 Å². The highest BCUT2D eigenvalue weighted by Crippen LogP contribution is 2.44. The summed E-state index contributed by atoms with van der Waals surface area (Å²) in [6.45, 7) is 6.98. The van der Waals surface area contributed by atoms with Gasteiger partial charge in [-0.25, -0.2) is 9.79 Å². The van der Waals surface area contributed by atoms with Crippen molar-refractivity contribution in [3.05, 3.63) is 0 Å². The predicted molar refractivity (Wildman–Crippen MR) is 128 cm³/mol. The summed E-state index contributed by atoms with van der Waals surface area (Å²) < 4.78 is 5.48. The Morgan fingerprint density at radius 2 is 1.87 bits per heavy atom. The quantitative estimate of drug-likeness (QED) is 0.328. The van der Waals surface area contributed by atoms with Crippen LogP contribution in [0.1, 0.15) is 52.9 Å². The second-order valence-corrected chi connectivity index (χ2v) is 9.93. The number of guanidine groups is 1. The number of rotatable bonds is 4. The van der Waals surface area contributed by atoms with Crippen molar-refractivity contribution in [3.63, 3.8) is 0 Å². The van der Waals surface area contributed by atoms with E-state index in [1.165, 1.54) is 25.7 Å². The number of carbonyl (C=O) groups excluding carboxylic acids is 2. The monoisotopic (exact) mass is 535 g/mol.